The fourth-order valence-corrected chi connectivity index (χ4v) is 2.15. The maximum absolute atomic E-state index is 5.65. The zero-order valence-corrected chi connectivity index (χ0v) is 10.0. The first-order valence-electron chi connectivity index (χ1n) is 4.90. The van der Waals surface area contributed by atoms with Gasteiger partial charge in [0.1, 0.15) is 10.9 Å². The Morgan fingerprint density at radius 1 is 1.44 bits per heavy atom. The van der Waals surface area contributed by atoms with Gasteiger partial charge in [-0.25, -0.2) is 4.98 Å². The van der Waals surface area contributed by atoms with Gasteiger partial charge >= 0.3 is 0 Å². The molecule has 5 nitrogen and oxygen atoms in total. The van der Waals surface area contributed by atoms with Gasteiger partial charge < -0.3 is 10.3 Å². The zero-order chi connectivity index (χ0) is 11.5. The van der Waals surface area contributed by atoms with Crippen LogP contribution in [0.5, 0.6) is 0 Å². The summed E-state index contributed by atoms with van der Waals surface area (Å²) in [4.78, 5) is 4.30. The standard InChI is InChI=1S/C10H13N5S/c1-7-13-14-10(15(7)2)16-9-8(6-11)4-3-5-12-9/h3-5H,6,11H2,1-2H3. The Hall–Kier alpha value is -1.40. The first-order chi connectivity index (χ1) is 7.72. The van der Waals surface area contributed by atoms with Gasteiger partial charge in [0.05, 0.1) is 0 Å². The van der Waals surface area contributed by atoms with Crippen LogP contribution in [0.2, 0.25) is 0 Å². The number of aryl methyl sites for hydroxylation is 1. The van der Waals surface area contributed by atoms with Crippen LogP contribution in [0.25, 0.3) is 0 Å². The van der Waals surface area contributed by atoms with Crippen LogP contribution in [0.4, 0.5) is 0 Å². The summed E-state index contributed by atoms with van der Waals surface area (Å²) in [6.07, 6.45) is 1.75. The average Bonchev–Trinajstić information content (AvgIpc) is 2.62. The van der Waals surface area contributed by atoms with Gasteiger partial charge in [-0.2, -0.15) is 0 Å². The Morgan fingerprint density at radius 2 is 2.25 bits per heavy atom. The molecular weight excluding hydrogens is 222 g/mol. The molecule has 0 unspecified atom stereocenters. The summed E-state index contributed by atoms with van der Waals surface area (Å²) >= 11 is 1.48. The van der Waals surface area contributed by atoms with Gasteiger partial charge in [-0.3, -0.25) is 0 Å². The van der Waals surface area contributed by atoms with Crippen molar-refractivity contribution in [3.63, 3.8) is 0 Å². The molecule has 2 rings (SSSR count). The first-order valence-corrected chi connectivity index (χ1v) is 5.72. The van der Waals surface area contributed by atoms with Crippen molar-refractivity contribution in [1.82, 2.24) is 19.7 Å². The second-order valence-electron chi connectivity index (χ2n) is 3.36. The van der Waals surface area contributed by atoms with Crippen LogP contribution < -0.4 is 5.73 Å². The van der Waals surface area contributed by atoms with Gasteiger partial charge in [0, 0.05) is 19.8 Å². The van der Waals surface area contributed by atoms with E-state index in [0.29, 0.717) is 6.54 Å². The normalized spacial score (nSPS) is 10.7. The van der Waals surface area contributed by atoms with Crippen LogP contribution in [0.1, 0.15) is 11.4 Å². The Balaban J connectivity index is 2.30. The Kier molecular flexibility index (Phi) is 3.21. The van der Waals surface area contributed by atoms with E-state index in [1.807, 2.05) is 30.7 Å². The van der Waals surface area contributed by atoms with Crippen LogP contribution in [-0.2, 0) is 13.6 Å². The molecule has 84 valence electrons. The summed E-state index contributed by atoms with van der Waals surface area (Å²) in [5.41, 5.74) is 6.67. The predicted molar refractivity (Wildman–Crippen MR) is 62.0 cm³/mol. The van der Waals surface area contributed by atoms with E-state index < -0.39 is 0 Å². The van der Waals surface area contributed by atoms with Gasteiger partial charge in [0.2, 0.25) is 0 Å². The van der Waals surface area contributed by atoms with Gasteiger partial charge in [-0.05, 0) is 30.3 Å². The van der Waals surface area contributed by atoms with Crippen molar-refractivity contribution in [2.24, 2.45) is 12.8 Å². The summed E-state index contributed by atoms with van der Waals surface area (Å²) in [7, 11) is 1.93. The Bertz CT molecular complexity index is 494. The van der Waals surface area contributed by atoms with Crippen molar-refractivity contribution in [2.45, 2.75) is 23.7 Å². The second-order valence-corrected chi connectivity index (χ2v) is 4.32. The number of hydrogen-bond donors (Lipinski definition) is 1. The lowest BCUT2D eigenvalue weighted by molar-refractivity contribution is 0.763. The SMILES string of the molecule is Cc1nnc(Sc2ncccc2CN)n1C. The van der Waals surface area contributed by atoms with E-state index in [4.69, 9.17) is 5.73 Å². The number of pyridine rings is 1. The molecular formula is C10H13N5S. The molecule has 0 fully saturated rings. The highest BCUT2D eigenvalue weighted by molar-refractivity contribution is 7.99. The van der Waals surface area contributed by atoms with Crippen molar-refractivity contribution in [3.05, 3.63) is 29.7 Å². The fourth-order valence-electron chi connectivity index (χ4n) is 1.23. The lowest BCUT2D eigenvalue weighted by Gasteiger charge is -2.04. The molecule has 0 bridgehead atoms. The highest BCUT2D eigenvalue weighted by Gasteiger charge is 2.10. The molecule has 0 aliphatic carbocycles. The number of nitrogens with zero attached hydrogens (tertiary/aromatic N) is 4. The summed E-state index contributed by atoms with van der Waals surface area (Å²) in [6.45, 7) is 2.40. The minimum atomic E-state index is 0.479. The number of aromatic nitrogens is 4. The lowest BCUT2D eigenvalue weighted by Crippen LogP contribution is -2.00. The third-order valence-electron chi connectivity index (χ3n) is 2.31. The van der Waals surface area contributed by atoms with Crippen LogP contribution in [-0.4, -0.2) is 19.7 Å². The molecule has 0 saturated carbocycles. The molecule has 2 aromatic rings. The van der Waals surface area contributed by atoms with E-state index >= 15 is 0 Å². The summed E-state index contributed by atoms with van der Waals surface area (Å²) in [6, 6.07) is 3.85. The monoisotopic (exact) mass is 235 g/mol. The van der Waals surface area contributed by atoms with E-state index in [1.165, 1.54) is 11.8 Å². The van der Waals surface area contributed by atoms with E-state index in [9.17, 15) is 0 Å². The molecule has 0 radical (unpaired) electrons. The number of hydrogen-bond acceptors (Lipinski definition) is 5. The molecule has 0 aliphatic rings. The fraction of sp³-hybridized carbons (Fsp3) is 0.300. The Morgan fingerprint density at radius 3 is 2.88 bits per heavy atom. The highest BCUT2D eigenvalue weighted by atomic mass is 32.2. The molecule has 0 aromatic carbocycles. The molecule has 2 heterocycles. The van der Waals surface area contributed by atoms with E-state index in [2.05, 4.69) is 15.2 Å². The molecule has 0 atom stereocenters. The first kappa shape index (κ1) is 11.1. The maximum Gasteiger partial charge on any atom is 0.197 e. The largest absolute Gasteiger partial charge is 0.326 e. The third kappa shape index (κ3) is 2.07. The van der Waals surface area contributed by atoms with Crippen molar-refractivity contribution in [3.8, 4) is 0 Å². The van der Waals surface area contributed by atoms with Crippen LogP contribution >= 0.6 is 11.8 Å². The minimum absolute atomic E-state index is 0.479. The van der Waals surface area contributed by atoms with Crippen LogP contribution in [0, 0.1) is 6.92 Å². The summed E-state index contributed by atoms with van der Waals surface area (Å²) in [5.74, 6) is 0.882. The second kappa shape index (κ2) is 4.63. The van der Waals surface area contributed by atoms with Gasteiger partial charge in [0.15, 0.2) is 5.16 Å². The molecule has 0 aliphatic heterocycles. The van der Waals surface area contributed by atoms with Crippen molar-refractivity contribution >= 4 is 11.8 Å². The van der Waals surface area contributed by atoms with Crippen LogP contribution in [0.3, 0.4) is 0 Å². The van der Waals surface area contributed by atoms with Crippen molar-refractivity contribution < 1.29 is 0 Å². The smallest absolute Gasteiger partial charge is 0.197 e. The molecule has 0 saturated heterocycles. The molecule has 2 N–H and O–H groups in total. The maximum atomic E-state index is 5.65. The highest BCUT2D eigenvalue weighted by Crippen LogP contribution is 2.26. The topological polar surface area (TPSA) is 69.6 Å². The summed E-state index contributed by atoms with van der Waals surface area (Å²) in [5, 5.41) is 9.80. The average molecular weight is 235 g/mol. The predicted octanol–water partition coefficient (Wildman–Crippen LogP) is 1.13. The van der Waals surface area contributed by atoms with Crippen molar-refractivity contribution in [2.75, 3.05) is 0 Å². The van der Waals surface area contributed by atoms with Crippen LogP contribution in [0.15, 0.2) is 28.5 Å². The van der Waals surface area contributed by atoms with Gasteiger partial charge in [-0.1, -0.05) is 6.07 Å². The molecule has 6 heteroatoms. The third-order valence-corrected chi connectivity index (χ3v) is 3.41. The molecule has 16 heavy (non-hydrogen) atoms. The Labute approximate surface area is 98.1 Å². The van der Waals surface area contributed by atoms with E-state index in [-0.39, 0.29) is 0 Å². The zero-order valence-electron chi connectivity index (χ0n) is 9.21. The van der Waals surface area contributed by atoms with E-state index in [0.717, 1.165) is 21.6 Å². The lowest BCUT2D eigenvalue weighted by atomic mass is 10.3. The quantitative estimate of drug-likeness (QED) is 0.863. The number of nitrogens with two attached hydrogens (primary N) is 1. The van der Waals surface area contributed by atoms with E-state index in [1.54, 1.807) is 6.20 Å². The van der Waals surface area contributed by atoms with Crippen molar-refractivity contribution in [1.29, 1.82) is 0 Å². The molecule has 2 aromatic heterocycles. The molecule has 0 spiro atoms. The number of rotatable bonds is 3. The molecule has 0 amide bonds. The van der Waals surface area contributed by atoms with Gasteiger partial charge in [-0.15, -0.1) is 10.2 Å². The summed E-state index contributed by atoms with van der Waals surface area (Å²) < 4.78 is 1.93. The van der Waals surface area contributed by atoms with Gasteiger partial charge in [0.25, 0.3) is 0 Å². The minimum Gasteiger partial charge on any atom is -0.326 e.